The molecule has 4 rings (SSSR count). The van der Waals surface area contributed by atoms with Crippen molar-refractivity contribution >= 4 is 5.91 Å². The summed E-state index contributed by atoms with van der Waals surface area (Å²) in [6.07, 6.45) is 6.63. The van der Waals surface area contributed by atoms with Crippen LogP contribution in [0.4, 0.5) is 0 Å². The fourth-order valence-corrected chi connectivity index (χ4v) is 5.41. The Morgan fingerprint density at radius 3 is 2.52 bits per heavy atom. The highest BCUT2D eigenvalue weighted by atomic mass is 17.3. The van der Waals surface area contributed by atoms with Crippen LogP contribution in [-0.2, 0) is 19.3 Å². The quantitative estimate of drug-likeness (QED) is 0.673. The SMILES string of the molecule is CC1CC2CC(C1)C1(C2)OOC2(CCN(C(=O)CC(C)(C)C)CC2)O1. The lowest BCUT2D eigenvalue weighted by Crippen LogP contribution is -2.49. The molecule has 2 aliphatic carbocycles. The Kier molecular flexibility index (Phi) is 4.21. The minimum Gasteiger partial charge on any atom is -0.342 e. The summed E-state index contributed by atoms with van der Waals surface area (Å²) in [6.45, 7) is 10.0. The van der Waals surface area contributed by atoms with Crippen LogP contribution >= 0.6 is 0 Å². The standard InChI is InChI=1S/C20H33NO4/c1-14-9-15-11-16(10-14)20(12-15)23-19(24-25-20)5-7-21(8-6-19)17(22)13-18(2,3)4/h14-16H,5-13H2,1-4H3. The maximum atomic E-state index is 12.5. The molecule has 0 aromatic heterocycles. The number of rotatable bonds is 1. The normalized spacial score (nSPS) is 40.2. The molecule has 0 N–H and O–H groups in total. The molecule has 2 saturated carbocycles. The van der Waals surface area contributed by atoms with Crippen molar-refractivity contribution in [2.75, 3.05) is 13.1 Å². The molecule has 2 bridgehead atoms. The zero-order valence-electron chi connectivity index (χ0n) is 16.2. The van der Waals surface area contributed by atoms with Crippen molar-refractivity contribution in [3.63, 3.8) is 0 Å². The molecule has 142 valence electrons. The van der Waals surface area contributed by atoms with E-state index in [4.69, 9.17) is 14.5 Å². The molecule has 2 saturated heterocycles. The first-order valence-corrected chi connectivity index (χ1v) is 10.0. The van der Waals surface area contributed by atoms with E-state index in [1.165, 1.54) is 19.3 Å². The summed E-state index contributed by atoms with van der Waals surface area (Å²) in [5, 5.41) is 0. The van der Waals surface area contributed by atoms with Crippen molar-refractivity contribution in [1.29, 1.82) is 0 Å². The van der Waals surface area contributed by atoms with Crippen LogP contribution in [0.1, 0.15) is 72.6 Å². The van der Waals surface area contributed by atoms with Gasteiger partial charge in [0, 0.05) is 44.7 Å². The van der Waals surface area contributed by atoms with Gasteiger partial charge in [-0.3, -0.25) is 4.79 Å². The number of carbonyl (C=O) groups is 1. The monoisotopic (exact) mass is 351 g/mol. The van der Waals surface area contributed by atoms with Crippen LogP contribution < -0.4 is 0 Å². The van der Waals surface area contributed by atoms with Crippen LogP contribution in [-0.4, -0.2) is 35.5 Å². The lowest BCUT2D eigenvalue weighted by molar-refractivity contribution is -0.360. The van der Waals surface area contributed by atoms with Crippen LogP contribution in [0, 0.1) is 23.2 Å². The van der Waals surface area contributed by atoms with Gasteiger partial charge in [0.25, 0.3) is 0 Å². The van der Waals surface area contributed by atoms with Gasteiger partial charge in [0.15, 0.2) is 0 Å². The van der Waals surface area contributed by atoms with E-state index in [1.54, 1.807) is 0 Å². The molecule has 25 heavy (non-hydrogen) atoms. The Labute approximate surface area is 151 Å². The highest BCUT2D eigenvalue weighted by molar-refractivity contribution is 5.76. The Hall–Kier alpha value is -0.650. The van der Waals surface area contributed by atoms with Crippen molar-refractivity contribution < 1.29 is 19.3 Å². The summed E-state index contributed by atoms with van der Waals surface area (Å²) in [5.41, 5.74) is 0.0256. The minimum atomic E-state index is -0.640. The summed E-state index contributed by atoms with van der Waals surface area (Å²) in [7, 11) is 0. The molecular formula is C20H33NO4. The number of amides is 1. The third kappa shape index (κ3) is 3.35. The van der Waals surface area contributed by atoms with E-state index >= 15 is 0 Å². The summed E-state index contributed by atoms with van der Waals surface area (Å²) in [4.78, 5) is 26.2. The lowest BCUT2D eigenvalue weighted by atomic mass is 9.81. The number of hydrogen-bond acceptors (Lipinski definition) is 4. The second kappa shape index (κ2) is 5.93. The van der Waals surface area contributed by atoms with E-state index in [-0.39, 0.29) is 11.3 Å². The average molecular weight is 351 g/mol. The molecule has 2 aliphatic heterocycles. The average Bonchev–Trinajstić information content (AvgIpc) is 2.96. The number of hydrogen-bond donors (Lipinski definition) is 0. The highest BCUT2D eigenvalue weighted by Crippen LogP contribution is 2.57. The van der Waals surface area contributed by atoms with E-state index in [9.17, 15) is 4.79 Å². The third-order valence-corrected chi connectivity index (χ3v) is 6.49. The van der Waals surface area contributed by atoms with E-state index in [2.05, 4.69) is 27.7 Å². The van der Waals surface area contributed by atoms with Crippen LogP contribution in [0.15, 0.2) is 0 Å². The Balaban J connectivity index is 1.37. The molecule has 0 aromatic rings. The van der Waals surface area contributed by atoms with Gasteiger partial charge in [0.2, 0.25) is 17.5 Å². The van der Waals surface area contributed by atoms with Crippen molar-refractivity contribution in [2.45, 2.75) is 84.2 Å². The van der Waals surface area contributed by atoms with Crippen LogP contribution in [0.3, 0.4) is 0 Å². The topological polar surface area (TPSA) is 48.0 Å². The van der Waals surface area contributed by atoms with Gasteiger partial charge in [-0.05, 0) is 36.5 Å². The fourth-order valence-electron chi connectivity index (χ4n) is 5.41. The Morgan fingerprint density at radius 1 is 1.12 bits per heavy atom. The number of carbonyl (C=O) groups excluding carboxylic acids is 1. The molecule has 4 unspecified atom stereocenters. The van der Waals surface area contributed by atoms with E-state index in [0.717, 1.165) is 12.3 Å². The summed E-state index contributed by atoms with van der Waals surface area (Å²) in [6, 6.07) is 0. The van der Waals surface area contributed by atoms with Gasteiger partial charge in [-0.2, -0.15) is 9.78 Å². The largest absolute Gasteiger partial charge is 0.342 e. The summed E-state index contributed by atoms with van der Waals surface area (Å²) >= 11 is 0. The van der Waals surface area contributed by atoms with Crippen LogP contribution in [0.25, 0.3) is 0 Å². The molecule has 4 aliphatic rings. The predicted octanol–water partition coefficient (Wildman–Crippen LogP) is 3.87. The van der Waals surface area contributed by atoms with Gasteiger partial charge in [-0.1, -0.05) is 27.7 Å². The first-order chi connectivity index (χ1) is 11.7. The van der Waals surface area contributed by atoms with Gasteiger partial charge in [0.1, 0.15) is 0 Å². The first-order valence-electron chi connectivity index (χ1n) is 10.0. The van der Waals surface area contributed by atoms with Crippen molar-refractivity contribution in [1.82, 2.24) is 4.90 Å². The fraction of sp³-hybridized carbons (Fsp3) is 0.950. The third-order valence-electron chi connectivity index (χ3n) is 6.49. The number of fused-ring (bicyclic) bond motifs is 3. The summed E-state index contributed by atoms with van der Waals surface area (Å²) < 4.78 is 6.55. The predicted molar refractivity (Wildman–Crippen MR) is 93.2 cm³/mol. The molecule has 0 radical (unpaired) electrons. The van der Waals surface area contributed by atoms with Gasteiger partial charge in [-0.15, -0.1) is 0 Å². The smallest absolute Gasteiger partial charge is 0.223 e. The lowest BCUT2D eigenvalue weighted by Gasteiger charge is -2.38. The second-order valence-electron chi connectivity index (χ2n) is 10.2. The minimum absolute atomic E-state index is 0.0256. The van der Waals surface area contributed by atoms with Gasteiger partial charge in [-0.25, -0.2) is 0 Å². The van der Waals surface area contributed by atoms with Gasteiger partial charge >= 0.3 is 0 Å². The van der Waals surface area contributed by atoms with Gasteiger partial charge in [0.05, 0.1) is 0 Å². The van der Waals surface area contributed by atoms with Crippen LogP contribution in [0.2, 0.25) is 0 Å². The maximum absolute atomic E-state index is 12.5. The summed E-state index contributed by atoms with van der Waals surface area (Å²) in [5.74, 6) is 0.999. The van der Waals surface area contributed by atoms with Crippen molar-refractivity contribution in [2.24, 2.45) is 23.2 Å². The first kappa shape index (κ1) is 17.7. The van der Waals surface area contributed by atoms with Gasteiger partial charge < -0.3 is 9.64 Å². The van der Waals surface area contributed by atoms with E-state index in [0.29, 0.717) is 44.2 Å². The number of likely N-dealkylation sites (tertiary alicyclic amines) is 1. The molecule has 0 aromatic carbocycles. The van der Waals surface area contributed by atoms with E-state index < -0.39 is 11.6 Å². The second-order valence-corrected chi connectivity index (χ2v) is 10.2. The van der Waals surface area contributed by atoms with Crippen LogP contribution in [0.5, 0.6) is 0 Å². The molecule has 1 amide bonds. The molecule has 2 spiro atoms. The molecule has 5 nitrogen and oxygen atoms in total. The Morgan fingerprint density at radius 2 is 1.84 bits per heavy atom. The highest BCUT2D eigenvalue weighted by Gasteiger charge is 2.62. The van der Waals surface area contributed by atoms with Crippen molar-refractivity contribution in [3.8, 4) is 0 Å². The molecule has 4 fully saturated rings. The maximum Gasteiger partial charge on any atom is 0.223 e. The molecule has 2 heterocycles. The molecule has 4 atom stereocenters. The zero-order valence-corrected chi connectivity index (χ0v) is 16.2. The molecule has 5 heteroatoms. The number of piperidine rings is 1. The Bertz CT molecular complexity index is 534. The number of nitrogens with zero attached hydrogens (tertiary/aromatic N) is 1. The molecular weight excluding hydrogens is 318 g/mol. The van der Waals surface area contributed by atoms with Crippen molar-refractivity contribution in [3.05, 3.63) is 0 Å². The number of ether oxygens (including phenoxy) is 1. The zero-order chi connectivity index (χ0) is 17.9. The van der Waals surface area contributed by atoms with E-state index in [1.807, 2.05) is 4.90 Å².